The van der Waals surface area contributed by atoms with Crippen LogP contribution in [-0.2, 0) is 6.54 Å². The number of piperidine rings is 1. The number of amides is 3. The lowest BCUT2D eigenvalue weighted by Gasteiger charge is -2.32. The monoisotopic (exact) mass is 484 g/mol. The SMILES string of the molecule is Cc1cc(C)n(CCNC(=O)Nc2cc(C(=O)N3CCC(c4ccc(C#N)cc4)CC3)ccc2C)n1. The predicted molar refractivity (Wildman–Crippen MR) is 139 cm³/mol. The normalized spacial score (nSPS) is 13.8. The Bertz CT molecular complexity index is 1280. The molecular weight excluding hydrogens is 452 g/mol. The number of rotatable bonds is 6. The standard InChI is InChI=1S/C28H32N6O2/c1-19-4-7-25(17-26(19)31-28(36)30-12-15-34-21(3)16-20(2)32-34)27(35)33-13-10-24(11-14-33)23-8-5-22(18-29)6-9-23/h4-9,16-17,24H,10-15H2,1-3H3,(H2,30,31,36). The van der Waals surface area contributed by atoms with Gasteiger partial charge in [-0.15, -0.1) is 0 Å². The highest BCUT2D eigenvalue weighted by atomic mass is 16.2. The minimum atomic E-state index is -0.313. The third-order valence-corrected chi connectivity index (χ3v) is 6.74. The van der Waals surface area contributed by atoms with E-state index in [-0.39, 0.29) is 11.9 Å². The molecule has 0 spiro atoms. The first-order valence-corrected chi connectivity index (χ1v) is 12.3. The molecule has 0 saturated carbocycles. The zero-order valence-electron chi connectivity index (χ0n) is 21.0. The number of anilines is 1. The fraction of sp³-hybridized carbons (Fsp3) is 0.357. The van der Waals surface area contributed by atoms with Crippen molar-refractivity contribution in [3.8, 4) is 6.07 Å². The molecule has 4 rings (SSSR count). The van der Waals surface area contributed by atoms with Crippen molar-refractivity contribution in [2.75, 3.05) is 25.0 Å². The number of hydrogen-bond acceptors (Lipinski definition) is 4. The van der Waals surface area contributed by atoms with Gasteiger partial charge in [-0.3, -0.25) is 9.48 Å². The second kappa shape index (κ2) is 11.1. The van der Waals surface area contributed by atoms with Gasteiger partial charge in [0, 0.05) is 36.6 Å². The molecule has 8 heteroatoms. The summed E-state index contributed by atoms with van der Waals surface area (Å²) < 4.78 is 1.87. The zero-order chi connectivity index (χ0) is 25.7. The molecule has 8 nitrogen and oxygen atoms in total. The van der Waals surface area contributed by atoms with Gasteiger partial charge >= 0.3 is 6.03 Å². The average molecular weight is 485 g/mol. The molecule has 0 aliphatic carbocycles. The van der Waals surface area contributed by atoms with Crippen LogP contribution in [0, 0.1) is 32.1 Å². The minimum Gasteiger partial charge on any atom is -0.339 e. The molecule has 0 atom stereocenters. The summed E-state index contributed by atoms with van der Waals surface area (Å²) in [5.74, 6) is 0.358. The van der Waals surface area contributed by atoms with Crippen LogP contribution in [0.5, 0.6) is 0 Å². The van der Waals surface area contributed by atoms with E-state index in [4.69, 9.17) is 5.26 Å². The average Bonchev–Trinajstić information content (AvgIpc) is 3.21. The molecule has 0 radical (unpaired) electrons. The topological polar surface area (TPSA) is 103 Å². The lowest BCUT2D eigenvalue weighted by Crippen LogP contribution is -2.38. The first kappa shape index (κ1) is 25.0. The van der Waals surface area contributed by atoms with Crippen molar-refractivity contribution in [3.05, 3.63) is 82.2 Å². The first-order chi connectivity index (χ1) is 17.3. The van der Waals surface area contributed by atoms with E-state index in [1.807, 2.05) is 72.8 Å². The fourth-order valence-corrected chi connectivity index (χ4v) is 4.66. The molecule has 36 heavy (non-hydrogen) atoms. The number of aromatic nitrogens is 2. The van der Waals surface area contributed by atoms with Crippen molar-refractivity contribution in [2.45, 2.75) is 46.1 Å². The van der Waals surface area contributed by atoms with E-state index in [1.54, 1.807) is 6.07 Å². The minimum absolute atomic E-state index is 0.0266. The molecule has 1 aliphatic rings. The molecule has 1 fully saturated rings. The van der Waals surface area contributed by atoms with Gasteiger partial charge in [0.2, 0.25) is 0 Å². The van der Waals surface area contributed by atoms with Crippen LogP contribution >= 0.6 is 0 Å². The lowest BCUT2D eigenvalue weighted by molar-refractivity contribution is 0.0713. The number of carbonyl (C=O) groups excluding carboxylic acids is 2. The molecule has 2 heterocycles. The Morgan fingerprint density at radius 2 is 1.78 bits per heavy atom. The summed E-state index contributed by atoms with van der Waals surface area (Å²) >= 11 is 0. The highest BCUT2D eigenvalue weighted by molar-refractivity contribution is 5.97. The summed E-state index contributed by atoms with van der Waals surface area (Å²) in [6.45, 7) is 8.21. The van der Waals surface area contributed by atoms with Gasteiger partial charge in [0.1, 0.15) is 0 Å². The van der Waals surface area contributed by atoms with Crippen LogP contribution in [0.3, 0.4) is 0 Å². The van der Waals surface area contributed by atoms with Crippen LogP contribution in [-0.4, -0.2) is 46.3 Å². The van der Waals surface area contributed by atoms with Gasteiger partial charge < -0.3 is 15.5 Å². The van der Waals surface area contributed by atoms with Crippen LogP contribution in [0.25, 0.3) is 0 Å². The zero-order valence-corrected chi connectivity index (χ0v) is 21.0. The van der Waals surface area contributed by atoms with Crippen LogP contribution < -0.4 is 10.6 Å². The number of hydrogen-bond donors (Lipinski definition) is 2. The number of benzene rings is 2. The Labute approximate surface area is 211 Å². The van der Waals surface area contributed by atoms with Crippen LogP contribution in [0.1, 0.15) is 57.2 Å². The number of likely N-dealkylation sites (tertiary alicyclic amines) is 1. The Morgan fingerprint density at radius 3 is 2.42 bits per heavy atom. The Kier molecular flexibility index (Phi) is 7.69. The summed E-state index contributed by atoms with van der Waals surface area (Å²) in [6, 6.07) is 17.0. The first-order valence-electron chi connectivity index (χ1n) is 12.3. The molecule has 0 bridgehead atoms. The maximum absolute atomic E-state index is 13.2. The molecule has 2 N–H and O–H groups in total. The number of nitrogens with one attached hydrogen (secondary N) is 2. The van der Waals surface area contributed by atoms with E-state index < -0.39 is 0 Å². The van der Waals surface area contributed by atoms with Crippen molar-refractivity contribution in [1.82, 2.24) is 20.0 Å². The van der Waals surface area contributed by atoms with Crippen molar-refractivity contribution in [2.24, 2.45) is 0 Å². The second-order valence-electron chi connectivity index (χ2n) is 9.36. The van der Waals surface area contributed by atoms with E-state index in [0.29, 0.717) is 48.9 Å². The van der Waals surface area contributed by atoms with Crippen LogP contribution in [0.15, 0.2) is 48.5 Å². The van der Waals surface area contributed by atoms with Gasteiger partial charge in [0.05, 0.1) is 23.9 Å². The number of carbonyl (C=O) groups is 2. The smallest absolute Gasteiger partial charge is 0.319 e. The van der Waals surface area contributed by atoms with Gasteiger partial charge in [0.25, 0.3) is 5.91 Å². The Balaban J connectivity index is 1.31. The van der Waals surface area contributed by atoms with Gasteiger partial charge in [-0.1, -0.05) is 18.2 Å². The third kappa shape index (κ3) is 5.92. The van der Waals surface area contributed by atoms with E-state index in [9.17, 15) is 9.59 Å². The quantitative estimate of drug-likeness (QED) is 0.537. The maximum Gasteiger partial charge on any atom is 0.319 e. The third-order valence-electron chi connectivity index (χ3n) is 6.74. The van der Waals surface area contributed by atoms with Gasteiger partial charge in [0.15, 0.2) is 0 Å². The Morgan fingerprint density at radius 1 is 1.06 bits per heavy atom. The van der Waals surface area contributed by atoms with E-state index in [0.717, 1.165) is 29.8 Å². The number of nitrogens with zero attached hydrogens (tertiary/aromatic N) is 4. The molecule has 3 amide bonds. The van der Waals surface area contributed by atoms with Gasteiger partial charge in [-0.2, -0.15) is 10.4 Å². The molecule has 1 aliphatic heterocycles. The summed E-state index contributed by atoms with van der Waals surface area (Å²) in [5, 5.41) is 19.1. The lowest BCUT2D eigenvalue weighted by atomic mass is 9.89. The maximum atomic E-state index is 13.2. The Hall–Kier alpha value is -4.12. The molecule has 3 aromatic rings. The summed E-state index contributed by atoms with van der Waals surface area (Å²) in [4.78, 5) is 27.5. The number of aryl methyl sites for hydroxylation is 3. The molecule has 0 unspecified atom stereocenters. The van der Waals surface area contributed by atoms with Crippen LogP contribution in [0.4, 0.5) is 10.5 Å². The van der Waals surface area contributed by atoms with Gasteiger partial charge in [-0.25, -0.2) is 4.79 Å². The summed E-state index contributed by atoms with van der Waals surface area (Å²) in [5.41, 5.74) is 5.95. The van der Waals surface area contributed by atoms with Crippen molar-refractivity contribution < 1.29 is 9.59 Å². The number of urea groups is 1. The van der Waals surface area contributed by atoms with E-state index in [1.165, 1.54) is 5.56 Å². The highest BCUT2D eigenvalue weighted by Gasteiger charge is 2.25. The van der Waals surface area contributed by atoms with E-state index >= 15 is 0 Å². The summed E-state index contributed by atoms with van der Waals surface area (Å²) in [6.07, 6.45) is 1.76. The predicted octanol–water partition coefficient (Wildman–Crippen LogP) is 4.52. The van der Waals surface area contributed by atoms with Gasteiger partial charge in [-0.05, 0) is 81.0 Å². The molecule has 2 aromatic carbocycles. The number of nitriles is 1. The van der Waals surface area contributed by atoms with Crippen LogP contribution in [0.2, 0.25) is 0 Å². The molecule has 1 saturated heterocycles. The highest BCUT2D eigenvalue weighted by Crippen LogP contribution is 2.29. The second-order valence-corrected chi connectivity index (χ2v) is 9.36. The van der Waals surface area contributed by atoms with Crippen molar-refractivity contribution >= 4 is 17.6 Å². The van der Waals surface area contributed by atoms with Crippen molar-refractivity contribution in [3.63, 3.8) is 0 Å². The van der Waals surface area contributed by atoms with Crippen molar-refractivity contribution in [1.29, 1.82) is 5.26 Å². The fourth-order valence-electron chi connectivity index (χ4n) is 4.66. The largest absolute Gasteiger partial charge is 0.339 e. The molecule has 186 valence electrons. The summed E-state index contributed by atoms with van der Waals surface area (Å²) in [7, 11) is 0. The molecule has 1 aromatic heterocycles. The van der Waals surface area contributed by atoms with E-state index in [2.05, 4.69) is 21.8 Å². The molecular formula is C28H32N6O2.